The first-order valence-corrected chi connectivity index (χ1v) is 6.42. The van der Waals surface area contributed by atoms with E-state index >= 15 is 0 Å². The summed E-state index contributed by atoms with van der Waals surface area (Å²) in [7, 11) is 0. The lowest BCUT2D eigenvalue weighted by Gasteiger charge is -2.26. The fraction of sp³-hybridized carbons (Fsp3) is 0.714. The third kappa shape index (κ3) is 8.95. The molecule has 3 heteroatoms. The molecule has 0 bridgehead atoms. The van der Waals surface area contributed by atoms with Crippen LogP contribution in [0.1, 0.15) is 44.9 Å². The highest BCUT2D eigenvalue weighted by Crippen LogP contribution is 2.27. The van der Waals surface area contributed by atoms with Gasteiger partial charge in [0.05, 0.1) is 18.6 Å². The highest BCUT2D eigenvalue weighted by Gasteiger charge is 2.20. The number of hydrogen-bond acceptors (Lipinski definition) is 3. The Balaban J connectivity index is 0.000000437. The van der Waals surface area contributed by atoms with Crippen molar-refractivity contribution in [3.63, 3.8) is 0 Å². The van der Waals surface area contributed by atoms with Crippen molar-refractivity contribution >= 4 is 0 Å². The van der Waals surface area contributed by atoms with Crippen LogP contribution in [0.15, 0.2) is 25.7 Å². The van der Waals surface area contributed by atoms with Crippen molar-refractivity contribution in [1.82, 2.24) is 0 Å². The Morgan fingerprint density at radius 1 is 1.18 bits per heavy atom. The average molecular weight is 242 g/mol. The highest BCUT2D eigenvalue weighted by atomic mass is 16.5. The van der Waals surface area contributed by atoms with E-state index in [0.29, 0.717) is 5.92 Å². The largest absolute Gasteiger partial charge is 0.474 e. The zero-order valence-electron chi connectivity index (χ0n) is 10.7. The quantitative estimate of drug-likeness (QED) is 0.704. The van der Waals surface area contributed by atoms with Crippen LogP contribution in [0.3, 0.4) is 0 Å². The summed E-state index contributed by atoms with van der Waals surface area (Å²) in [6, 6.07) is 0. The van der Waals surface area contributed by atoms with E-state index in [0.717, 1.165) is 12.8 Å². The second kappa shape index (κ2) is 11.7. The Bertz CT molecular complexity index is 180. The summed E-state index contributed by atoms with van der Waals surface area (Å²) in [6.07, 6.45) is 10.3. The molecule has 1 atom stereocenters. The van der Waals surface area contributed by atoms with Gasteiger partial charge in [0, 0.05) is 6.61 Å². The predicted octanol–water partition coefficient (Wildman–Crippen LogP) is 2.99. The SMILES string of the molecule is C=COC=C.OCCCC(O)C1CCCCC1. The molecule has 0 aliphatic heterocycles. The molecule has 0 aromatic carbocycles. The summed E-state index contributed by atoms with van der Waals surface area (Å²) < 4.78 is 4.36. The predicted molar refractivity (Wildman–Crippen MR) is 70.4 cm³/mol. The minimum absolute atomic E-state index is 0.155. The van der Waals surface area contributed by atoms with Crippen LogP contribution < -0.4 is 0 Å². The Kier molecular flexibility index (Phi) is 11.1. The molecule has 0 aromatic rings. The van der Waals surface area contributed by atoms with Crippen molar-refractivity contribution < 1.29 is 14.9 Å². The summed E-state index contributed by atoms with van der Waals surface area (Å²) >= 11 is 0. The number of aliphatic hydroxyl groups excluding tert-OH is 2. The first-order chi connectivity index (χ1) is 8.26. The van der Waals surface area contributed by atoms with E-state index < -0.39 is 0 Å². The van der Waals surface area contributed by atoms with Crippen LogP contribution in [0.5, 0.6) is 0 Å². The molecule has 0 saturated heterocycles. The third-order valence-corrected chi connectivity index (χ3v) is 3.04. The van der Waals surface area contributed by atoms with E-state index in [2.05, 4.69) is 17.9 Å². The van der Waals surface area contributed by atoms with E-state index in [9.17, 15) is 5.11 Å². The Hall–Kier alpha value is -0.800. The molecule has 0 heterocycles. The van der Waals surface area contributed by atoms with Gasteiger partial charge in [-0.05, 0) is 31.6 Å². The summed E-state index contributed by atoms with van der Waals surface area (Å²) in [5, 5.41) is 18.3. The fourth-order valence-electron chi connectivity index (χ4n) is 2.12. The lowest BCUT2D eigenvalue weighted by atomic mass is 9.84. The van der Waals surface area contributed by atoms with Crippen molar-refractivity contribution in [3.05, 3.63) is 25.7 Å². The third-order valence-electron chi connectivity index (χ3n) is 3.04. The second-order valence-electron chi connectivity index (χ2n) is 4.30. The first kappa shape index (κ1) is 16.2. The lowest BCUT2D eigenvalue weighted by molar-refractivity contribution is 0.0704. The normalized spacial score (nSPS) is 17.5. The standard InChI is InChI=1S/C10H20O2.C4H6O/c11-8-4-7-10(12)9-5-2-1-3-6-9;1-3-5-4-2/h9-12H,1-8H2;3-4H,1-2H2. The maximum atomic E-state index is 9.69. The molecule has 1 aliphatic carbocycles. The van der Waals surface area contributed by atoms with Crippen molar-refractivity contribution in [3.8, 4) is 0 Å². The average Bonchev–Trinajstić information content (AvgIpc) is 2.38. The van der Waals surface area contributed by atoms with Gasteiger partial charge in [-0.2, -0.15) is 0 Å². The molecule has 0 spiro atoms. The summed E-state index contributed by atoms with van der Waals surface area (Å²) in [5.41, 5.74) is 0. The Morgan fingerprint density at radius 2 is 1.76 bits per heavy atom. The van der Waals surface area contributed by atoms with Gasteiger partial charge in [-0.3, -0.25) is 0 Å². The van der Waals surface area contributed by atoms with Crippen LogP contribution in [0.4, 0.5) is 0 Å². The minimum atomic E-state index is -0.155. The van der Waals surface area contributed by atoms with E-state index in [1.165, 1.54) is 44.6 Å². The topological polar surface area (TPSA) is 49.7 Å². The molecule has 3 nitrogen and oxygen atoms in total. The molecule has 0 radical (unpaired) electrons. The van der Waals surface area contributed by atoms with Crippen molar-refractivity contribution in [1.29, 1.82) is 0 Å². The molecule has 1 saturated carbocycles. The summed E-state index contributed by atoms with van der Waals surface area (Å²) in [5.74, 6) is 0.519. The molecule has 1 fully saturated rings. The van der Waals surface area contributed by atoms with Crippen molar-refractivity contribution in [2.75, 3.05) is 6.61 Å². The van der Waals surface area contributed by atoms with Gasteiger partial charge in [0.1, 0.15) is 0 Å². The van der Waals surface area contributed by atoms with E-state index in [1.54, 1.807) is 0 Å². The second-order valence-corrected chi connectivity index (χ2v) is 4.30. The molecule has 1 aliphatic rings. The van der Waals surface area contributed by atoms with Gasteiger partial charge in [0.25, 0.3) is 0 Å². The zero-order valence-corrected chi connectivity index (χ0v) is 10.7. The maximum absolute atomic E-state index is 9.69. The van der Waals surface area contributed by atoms with Gasteiger partial charge >= 0.3 is 0 Å². The summed E-state index contributed by atoms with van der Waals surface area (Å²) in [4.78, 5) is 0. The minimum Gasteiger partial charge on any atom is -0.474 e. The number of aliphatic hydroxyl groups is 2. The van der Waals surface area contributed by atoms with Crippen LogP contribution in [0.2, 0.25) is 0 Å². The Morgan fingerprint density at radius 3 is 2.18 bits per heavy atom. The van der Waals surface area contributed by atoms with E-state index in [4.69, 9.17) is 5.11 Å². The monoisotopic (exact) mass is 242 g/mol. The van der Waals surface area contributed by atoms with Gasteiger partial charge in [0.15, 0.2) is 0 Å². The van der Waals surface area contributed by atoms with Crippen LogP contribution in [-0.2, 0) is 4.74 Å². The molecule has 0 aromatic heterocycles. The van der Waals surface area contributed by atoms with Crippen molar-refractivity contribution in [2.45, 2.75) is 51.0 Å². The molecule has 1 unspecified atom stereocenters. The molecule has 1 rings (SSSR count). The van der Waals surface area contributed by atoms with Gasteiger partial charge < -0.3 is 14.9 Å². The van der Waals surface area contributed by atoms with Crippen molar-refractivity contribution in [2.24, 2.45) is 5.92 Å². The van der Waals surface area contributed by atoms with Gasteiger partial charge in [0.2, 0.25) is 0 Å². The molecule has 100 valence electrons. The van der Waals surface area contributed by atoms with Gasteiger partial charge in [-0.25, -0.2) is 0 Å². The molecule has 2 N–H and O–H groups in total. The number of hydrogen-bond donors (Lipinski definition) is 2. The fourth-order valence-corrected chi connectivity index (χ4v) is 2.12. The molecule has 0 amide bonds. The maximum Gasteiger partial charge on any atom is 0.0829 e. The first-order valence-electron chi connectivity index (χ1n) is 6.42. The van der Waals surface area contributed by atoms with Crippen LogP contribution in [-0.4, -0.2) is 22.9 Å². The van der Waals surface area contributed by atoms with Gasteiger partial charge in [-0.15, -0.1) is 0 Å². The lowest BCUT2D eigenvalue weighted by Crippen LogP contribution is -2.22. The van der Waals surface area contributed by atoms with Crippen LogP contribution in [0, 0.1) is 5.92 Å². The number of ether oxygens (including phenoxy) is 1. The van der Waals surface area contributed by atoms with Crippen LogP contribution >= 0.6 is 0 Å². The number of rotatable bonds is 6. The zero-order chi connectivity index (χ0) is 12.9. The molecular formula is C14H26O3. The molecule has 17 heavy (non-hydrogen) atoms. The van der Waals surface area contributed by atoms with Gasteiger partial charge in [-0.1, -0.05) is 32.4 Å². The van der Waals surface area contributed by atoms with Crippen LogP contribution in [0.25, 0.3) is 0 Å². The summed E-state index contributed by atoms with van der Waals surface area (Å²) in [6.45, 7) is 6.73. The van der Waals surface area contributed by atoms with E-state index in [-0.39, 0.29) is 12.7 Å². The highest BCUT2D eigenvalue weighted by molar-refractivity contribution is 4.72. The molecular weight excluding hydrogens is 216 g/mol. The Labute approximate surface area is 105 Å². The smallest absolute Gasteiger partial charge is 0.0829 e. The van der Waals surface area contributed by atoms with E-state index in [1.807, 2.05) is 0 Å².